The highest BCUT2D eigenvalue weighted by Crippen LogP contribution is 2.25. The number of imidazole rings is 1. The Bertz CT molecular complexity index is 662. The number of amides is 1. The molecule has 5 heteroatoms. The Labute approximate surface area is 150 Å². The van der Waals surface area contributed by atoms with Crippen molar-refractivity contribution in [1.29, 1.82) is 0 Å². The van der Waals surface area contributed by atoms with E-state index in [0.29, 0.717) is 19.0 Å². The zero-order valence-electron chi connectivity index (χ0n) is 15.0. The number of hydrogen-bond acceptors (Lipinski definition) is 3. The summed E-state index contributed by atoms with van der Waals surface area (Å²) in [5, 5.41) is 3.08. The van der Waals surface area contributed by atoms with Gasteiger partial charge in [0.15, 0.2) is 0 Å². The lowest BCUT2D eigenvalue weighted by molar-refractivity contribution is -0.116. The minimum absolute atomic E-state index is 0.0430. The second-order valence-electron chi connectivity index (χ2n) is 6.96. The summed E-state index contributed by atoms with van der Waals surface area (Å²) in [4.78, 5) is 18.7. The van der Waals surface area contributed by atoms with Gasteiger partial charge in [0.1, 0.15) is 0 Å². The number of aromatic nitrogens is 2. The second kappa shape index (κ2) is 8.81. The van der Waals surface area contributed by atoms with Crippen LogP contribution in [0, 0.1) is 0 Å². The third-order valence-corrected chi connectivity index (χ3v) is 5.07. The maximum atomic E-state index is 12.3. The largest absolute Gasteiger partial charge is 0.337 e. The molecule has 0 spiro atoms. The number of carbonyl (C=O) groups is 1. The molecule has 3 rings (SSSR count). The van der Waals surface area contributed by atoms with Crippen molar-refractivity contribution in [3.8, 4) is 0 Å². The van der Waals surface area contributed by atoms with Gasteiger partial charge in [-0.3, -0.25) is 9.69 Å². The lowest BCUT2D eigenvalue weighted by Gasteiger charge is -2.31. The Balaban J connectivity index is 1.57. The summed E-state index contributed by atoms with van der Waals surface area (Å²) in [5.41, 5.74) is 2.12. The highest BCUT2D eigenvalue weighted by Gasteiger charge is 2.19. The molecule has 5 nitrogen and oxygen atoms in total. The van der Waals surface area contributed by atoms with Crippen molar-refractivity contribution in [2.45, 2.75) is 57.7 Å². The average Bonchev–Trinajstić information content (AvgIpc) is 3.16. The summed E-state index contributed by atoms with van der Waals surface area (Å²) in [6, 6.07) is 8.81. The van der Waals surface area contributed by atoms with E-state index in [1.165, 1.54) is 37.7 Å². The summed E-state index contributed by atoms with van der Waals surface area (Å²) in [6.07, 6.45) is 12.4. The van der Waals surface area contributed by atoms with Crippen LogP contribution in [-0.2, 0) is 17.9 Å². The molecule has 1 aliphatic rings. The lowest BCUT2D eigenvalue weighted by atomic mass is 9.94. The number of nitrogens with zero attached hydrogens (tertiary/aromatic N) is 3. The number of para-hydroxylation sites is 1. The van der Waals surface area contributed by atoms with Crippen molar-refractivity contribution in [2.75, 3.05) is 12.4 Å². The van der Waals surface area contributed by atoms with Crippen LogP contribution < -0.4 is 5.32 Å². The number of carbonyl (C=O) groups excluding carboxylic acids is 1. The Kier molecular flexibility index (Phi) is 6.23. The summed E-state index contributed by atoms with van der Waals surface area (Å²) < 4.78 is 1.92. The van der Waals surface area contributed by atoms with E-state index >= 15 is 0 Å². The van der Waals surface area contributed by atoms with E-state index in [9.17, 15) is 4.79 Å². The molecule has 1 fully saturated rings. The molecule has 2 aromatic rings. The van der Waals surface area contributed by atoms with Gasteiger partial charge in [-0.15, -0.1) is 0 Å². The van der Waals surface area contributed by atoms with Crippen LogP contribution in [0.5, 0.6) is 0 Å². The van der Waals surface area contributed by atoms with Gasteiger partial charge in [-0.05, 0) is 31.5 Å². The van der Waals surface area contributed by atoms with E-state index in [1.807, 2.05) is 29.0 Å². The van der Waals surface area contributed by atoms with E-state index in [2.05, 4.69) is 28.3 Å². The fraction of sp³-hybridized carbons (Fsp3) is 0.500. The number of aryl methyl sites for hydroxylation is 1. The Morgan fingerprint density at radius 1 is 1.28 bits per heavy atom. The molecule has 1 aromatic carbocycles. The molecule has 1 heterocycles. The van der Waals surface area contributed by atoms with Gasteiger partial charge in [0.25, 0.3) is 0 Å². The minimum Gasteiger partial charge on any atom is -0.337 e. The van der Waals surface area contributed by atoms with Crippen LogP contribution in [0.25, 0.3) is 0 Å². The fourth-order valence-electron chi connectivity index (χ4n) is 3.56. The molecule has 0 aliphatic heterocycles. The standard InChI is InChI=1S/C20H28N4O/c1-23(18-8-3-2-4-9-18)15-17-7-5-6-10-19(17)22-20(25)11-13-24-14-12-21-16-24/h5-7,10,12,14,16,18H,2-4,8-9,11,13,15H2,1H3,(H,22,25). The molecule has 0 saturated heterocycles. The van der Waals surface area contributed by atoms with Crippen LogP contribution in [0.1, 0.15) is 44.1 Å². The van der Waals surface area contributed by atoms with E-state index in [1.54, 1.807) is 12.5 Å². The van der Waals surface area contributed by atoms with Crippen molar-refractivity contribution in [3.05, 3.63) is 48.5 Å². The van der Waals surface area contributed by atoms with Crippen molar-refractivity contribution in [2.24, 2.45) is 0 Å². The number of rotatable bonds is 7. The first-order valence-electron chi connectivity index (χ1n) is 9.26. The summed E-state index contributed by atoms with van der Waals surface area (Å²) in [7, 11) is 2.20. The predicted octanol–water partition coefficient (Wildman–Crippen LogP) is 3.68. The number of nitrogens with one attached hydrogen (secondary N) is 1. The van der Waals surface area contributed by atoms with Gasteiger partial charge in [-0.2, -0.15) is 0 Å². The highest BCUT2D eigenvalue weighted by molar-refractivity contribution is 5.91. The molecule has 0 bridgehead atoms. The third-order valence-electron chi connectivity index (χ3n) is 5.07. The first-order valence-corrected chi connectivity index (χ1v) is 9.26. The van der Waals surface area contributed by atoms with Crippen LogP contribution >= 0.6 is 0 Å². The first kappa shape index (κ1) is 17.7. The highest BCUT2D eigenvalue weighted by atomic mass is 16.1. The summed E-state index contributed by atoms with van der Waals surface area (Å²) >= 11 is 0. The first-order chi connectivity index (χ1) is 12.2. The van der Waals surface area contributed by atoms with E-state index < -0.39 is 0 Å². The van der Waals surface area contributed by atoms with Crippen LogP contribution in [0.15, 0.2) is 43.0 Å². The number of benzene rings is 1. The molecule has 0 radical (unpaired) electrons. The Hall–Kier alpha value is -2.14. The zero-order valence-corrected chi connectivity index (χ0v) is 15.0. The SMILES string of the molecule is CN(Cc1ccccc1NC(=O)CCn1ccnc1)C1CCCCC1. The quantitative estimate of drug-likeness (QED) is 0.836. The predicted molar refractivity (Wildman–Crippen MR) is 100 cm³/mol. The molecule has 1 aromatic heterocycles. The van der Waals surface area contributed by atoms with E-state index in [-0.39, 0.29) is 5.91 Å². The lowest BCUT2D eigenvalue weighted by Crippen LogP contribution is -2.33. The van der Waals surface area contributed by atoms with Crippen molar-refractivity contribution < 1.29 is 4.79 Å². The van der Waals surface area contributed by atoms with Crippen LogP contribution in [0.2, 0.25) is 0 Å². The maximum Gasteiger partial charge on any atom is 0.226 e. The van der Waals surface area contributed by atoms with Gasteiger partial charge in [-0.1, -0.05) is 37.5 Å². The monoisotopic (exact) mass is 340 g/mol. The molecule has 0 atom stereocenters. The fourth-order valence-corrected chi connectivity index (χ4v) is 3.56. The van der Waals surface area contributed by atoms with Crippen LogP contribution in [0.4, 0.5) is 5.69 Å². The smallest absolute Gasteiger partial charge is 0.226 e. The van der Waals surface area contributed by atoms with Gasteiger partial charge in [0.2, 0.25) is 5.91 Å². The van der Waals surface area contributed by atoms with Gasteiger partial charge < -0.3 is 9.88 Å². The zero-order chi connectivity index (χ0) is 17.5. The van der Waals surface area contributed by atoms with Gasteiger partial charge in [0.05, 0.1) is 6.33 Å². The van der Waals surface area contributed by atoms with E-state index in [4.69, 9.17) is 0 Å². The van der Waals surface area contributed by atoms with E-state index in [0.717, 1.165) is 12.2 Å². The Morgan fingerprint density at radius 2 is 2.08 bits per heavy atom. The molecule has 25 heavy (non-hydrogen) atoms. The maximum absolute atomic E-state index is 12.3. The molecule has 0 unspecified atom stereocenters. The molecule has 1 N–H and O–H groups in total. The van der Waals surface area contributed by atoms with Gasteiger partial charge >= 0.3 is 0 Å². The van der Waals surface area contributed by atoms with Crippen molar-refractivity contribution >= 4 is 11.6 Å². The average molecular weight is 340 g/mol. The molecule has 1 saturated carbocycles. The van der Waals surface area contributed by atoms with Crippen LogP contribution in [0.3, 0.4) is 0 Å². The van der Waals surface area contributed by atoms with Crippen LogP contribution in [-0.4, -0.2) is 33.4 Å². The van der Waals surface area contributed by atoms with Crippen molar-refractivity contribution in [3.63, 3.8) is 0 Å². The summed E-state index contributed by atoms with van der Waals surface area (Å²) in [5.74, 6) is 0.0430. The number of hydrogen-bond donors (Lipinski definition) is 1. The summed E-state index contributed by atoms with van der Waals surface area (Å²) in [6.45, 7) is 1.53. The molecule has 1 aliphatic carbocycles. The Morgan fingerprint density at radius 3 is 2.84 bits per heavy atom. The molecular formula is C20H28N4O. The second-order valence-corrected chi connectivity index (χ2v) is 6.96. The topological polar surface area (TPSA) is 50.2 Å². The van der Waals surface area contributed by atoms with Gasteiger partial charge in [0, 0.05) is 43.6 Å². The third kappa shape index (κ3) is 5.16. The molecular weight excluding hydrogens is 312 g/mol. The molecule has 1 amide bonds. The van der Waals surface area contributed by atoms with Crippen molar-refractivity contribution in [1.82, 2.24) is 14.5 Å². The number of anilines is 1. The minimum atomic E-state index is 0.0430. The normalized spacial score (nSPS) is 15.4. The molecule has 134 valence electrons. The van der Waals surface area contributed by atoms with Gasteiger partial charge in [-0.25, -0.2) is 4.98 Å².